The molecule has 8 heteroatoms. The molecule has 0 aliphatic carbocycles. The molecule has 0 spiro atoms. The summed E-state index contributed by atoms with van der Waals surface area (Å²) in [4.78, 5) is 23.9. The van der Waals surface area contributed by atoms with Crippen molar-refractivity contribution in [1.29, 1.82) is 0 Å². The number of amides is 1. The van der Waals surface area contributed by atoms with Crippen molar-refractivity contribution in [3.8, 4) is 11.3 Å². The topological polar surface area (TPSA) is 84.1 Å². The molecule has 0 atom stereocenters. The minimum absolute atomic E-state index is 0.173. The Morgan fingerprint density at radius 1 is 1.15 bits per heavy atom. The van der Waals surface area contributed by atoms with Gasteiger partial charge in [0.05, 0.1) is 5.69 Å². The van der Waals surface area contributed by atoms with Crippen LogP contribution in [-0.4, -0.2) is 28.7 Å². The van der Waals surface area contributed by atoms with Crippen molar-refractivity contribution < 1.29 is 14.3 Å². The van der Waals surface area contributed by atoms with Crippen molar-refractivity contribution in [3.05, 3.63) is 75.4 Å². The molecule has 0 unspecified atom stereocenters. The maximum atomic E-state index is 12.1. The predicted octanol–water partition coefficient (Wildman–Crippen LogP) is 3.97. The zero-order valence-corrected chi connectivity index (χ0v) is 16.4. The minimum atomic E-state index is -0.654. The molecule has 1 aromatic heterocycles. The number of benzene rings is 2. The Hall–Kier alpha value is -2.64. The molecule has 3 aromatic rings. The highest BCUT2D eigenvalue weighted by Gasteiger charge is 2.14. The summed E-state index contributed by atoms with van der Waals surface area (Å²) in [5.74, 6) is -1.07. The number of carbonyl (C=O) groups excluding carboxylic acids is 2. The van der Waals surface area contributed by atoms with E-state index < -0.39 is 18.5 Å². The van der Waals surface area contributed by atoms with Crippen molar-refractivity contribution in [3.63, 3.8) is 0 Å². The minimum Gasteiger partial charge on any atom is -0.451 e. The first kappa shape index (κ1) is 19.1. The summed E-state index contributed by atoms with van der Waals surface area (Å²) in [5, 5.41) is 9.93. The number of aromatic nitrogens is 2. The summed E-state index contributed by atoms with van der Waals surface area (Å²) in [6.07, 6.45) is 0. The maximum Gasteiger partial charge on any atom is 0.356 e. The van der Waals surface area contributed by atoms with E-state index in [1.807, 2.05) is 42.5 Å². The first-order valence-corrected chi connectivity index (χ1v) is 9.18. The van der Waals surface area contributed by atoms with Crippen molar-refractivity contribution in [2.24, 2.45) is 0 Å². The van der Waals surface area contributed by atoms with Gasteiger partial charge in [0.2, 0.25) is 0 Å². The molecule has 0 aliphatic rings. The molecular weight excluding hydrogens is 434 g/mol. The van der Waals surface area contributed by atoms with Crippen LogP contribution in [0.3, 0.4) is 0 Å². The number of nitrogens with one attached hydrogen (secondary N) is 2. The van der Waals surface area contributed by atoms with Crippen LogP contribution in [-0.2, 0) is 16.1 Å². The van der Waals surface area contributed by atoms with Crippen LogP contribution in [0.1, 0.15) is 16.1 Å². The van der Waals surface area contributed by atoms with Gasteiger partial charge in [0.1, 0.15) is 5.69 Å². The van der Waals surface area contributed by atoms with Gasteiger partial charge in [-0.15, -0.1) is 0 Å². The van der Waals surface area contributed by atoms with E-state index in [1.54, 1.807) is 12.1 Å². The number of hydrogen-bond acceptors (Lipinski definition) is 4. The number of ether oxygens (including phenoxy) is 1. The van der Waals surface area contributed by atoms with Gasteiger partial charge >= 0.3 is 5.97 Å². The second kappa shape index (κ2) is 8.83. The average molecular weight is 449 g/mol. The van der Waals surface area contributed by atoms with Gasteiger partial charge in [0.15, 0.2) is 6.61 Å². The Balaban J connectivity index is 1.51. The van der Waals surface area contributed by atoms with Crippen molar-refractivity contribution >= 4 is 39.4 Å². The number of esters is 1. The van der Waals surface area contributed by atoms with E-state index in [0.29, 0.717) is 10.7 Å². The van der Waals surface area contributed by atoms with E-state index in [-0.39, 0.29) is 12.2 Å². The molecule has 27 heavy (non-hydrogen) atoms. The summed E-state index contributed by atoms with van der Waals surface area (Å²) < 4.78 is 5.96. The molecule has 138 valence electrons. The number of rotatable bonds is 6. The largest absolute Gasteiger partial charge is 0.451 e. The molecule has 2 N–H and O–H groups in total. The normalized spacial score (nSPS) is 10.4. The Labute approximate surface area is 169 Å². The second-order valence-corrected chi connectivity index (χ2v) is 6.94. The number of carbonyl (C=O) groups is 2. The summed E-state index contributed by atoms with van der Waals surface area (Å²) in [5.41, 5.74) is 2.42. The van der Waals surface area contributed by atoms with Crippen LogP contribution in [0, 0.1) is 0 Å². The summed E-state index contributed by atoms with van der Waals surface area (Å²) in [6, 6.07) is 16.3. The van der Waals surface area contributed by atoms with Crippen LogP contribution in [0.2, 0.25) is 5.02 Å². The summed E-state index contributed by atoms with van der Waals surface area (Å²) in [7, 11) is 0. The lowest BCUT2D eigenvalue weighted by Crippen LogP contribution is -2.28. The highest BCUT2D eigenvalue weighted by Crippen LogP contribution is 2.20. The SMILES string of the molecule is O=C(COC(=O)c1cc(-c2ccc(Br)cc2)n[nH]1)NCc1ccccc1Cl. The molecule has 0 saturated carbocycles. The van der Waals surface area contributed by atoms with Gasteiger partial charge in [0.25, 0.3) is 5.91 Å². The first-order chi connectivity index (χ1) is 13.0. The molecule has 2 aromatic carbocycles. The smallest absolute Gasteiger partial charge is 0.356 e. The molecular formula is C19H15BrClN3O3. The van der Waals surface area contributed by atoms with Crippen LogP contribution in [0.25, 0.3) is 11.3 Å². The first-order valence-electron chi connectivity index (χ1n) is 8.01. The van der Waals surface area contributed by atoms with E-state index in [0.717, 1.165) is 15.6 Å². The highest BCUT2D eigenvalue weighted by molar-refractivity contribution is 9.10. The Morgan fingerprint density at radius 2 is 1.89 bits per heavy atom. The standard InChI is InChI=1S/C19H15BrClN3O3/c20-14-7-5-12(6-8-14)16-9-17(24-23-16)19(26)27-11-18(25)22-10-13-3-1-2-4-15(13)21/h1-9H,10-11H2,(H,22,25)(H,23,24). The Bertz CT molecular complexity index is 957. The molecule has 1 heterocycles. The van der Waals surface area contributed by atoms with Gasteiger partial charge < -0.3 is 10.1 Å². The summed E-state index contributed by atoms with van der Waals surface area (Å²) in [6.45, 7) is -0.135. The molecule has 3 rings (SSSR count). The molecule has 0 aliphatic heterocycles. The fourth-order valence-corrected chi connectivity index (χ4v) is 2.76. The fourth-order valence-electron chi connectivity index (χ4n) is 2.29. The summed E-state index contributed by atoms with van der Waals surface area (Å²) >= 11 is 9.39. The molecule has 0 fully saturated rings. The van der Waals surface area contributed by atoms with Crippen LogP contribution < -0.4 is 5.32 Å². The van der Waals surface area contributed by atoms with Crippen molar-refractivity contribution in [2.45, 2.75) is 6.54 Å². The average Bonchev–Trinajstić information content (AvgIpc) is 3.16. The van der Waals surface area contributed by atoms with Crippen LogP contribution in [0.15, 0.2) is 59.1 Å². The zero-order chi connectivity index (χ0) is 19.2. The third-order valence-electron chi connectivity index (χ3n) is 3.71. The molecule has 1 amide bonds. The third kappa shape index (κ3) is 5.18. The van der Waals surface area contributed by atoms with Gasteiger partial charge in [-0.2, -0.15) is 5.10 Å². The van der Waals surface area contributed by atoms with Crippen molar-refractivity contribution in [1.82, 2.24) is 15.5 Å². The van der Waals surface area contributed by atoms with Crippen LogP contribution in [0.5, 0.6) is 0 Å². The van der Waals surface area contributed by atoms with Crippen molar-refractivity contribution in [2.75, 3.05) is 6.61 Å². The van der Waals surface area contributed by atoms with Gasteiger partial charge in [-0.05, 0) is 29.8 Å². The number of nitrogens with zero attached hydrogens (tertiary/aromatic N) is 1. The number of aromatic amines is 1. The van der Waals surface area contributed by atoms with E-state index in [1.165, 1.54) is 0 Å². The van der Waals surface area contributed by atoms with Gasteiger partial charge in [0, 0.05) is 21.6 Å². The lowest BCUT2D eigenvalue weighted by molar-refractivity contribution is -0.124. The Kier molecular flexibility index (Phi) is 6.26. The molecule has 0 bridgehead atoms. The quantitative estimate of drug-likeness (QED) is 0.559. The van der Waals surface area contributed by atoms with E-state index in [2.05, 4.69) is 31.4 Å². The van der Waals surface area contributed by atoms with E-state index in [9.17, 15) is 9.59 Å². The third-order valence-corrected chi connectivity index (χ3v) is 4.60. The number of hydrogen-bond donors (Lipinski definition) is 2. The molecule has 6 nitrogen and oxygen atoms in total. The lowest BCUT2D eigenvalue weighted by atomic mass is 10.1. The van der Waals surface area contributed by atoms with Crippen LogP contribution in [0.4, 0.5) is 0 Å². The monoisotopic (exact) mass is 447 g/mol. The molecule has 0 saturated heterocycles. The number of halogens is 2. The predicted molar refractivity (Wildman–Crippen MR) is 105 cm³/mol. The number of H-pyrrole nitrogens is 1. The van der Waals surface area contributed by atoms with E-state index >= 15 is 0 Å². The van der Waals surface area contributed by atoms with Crippen LogP contribution >= 0.6 is 27.5 Å². The maximum absolute atomic E-state index is 12.1. The van der Waals surface area contributed by atoms with Gasteiger partial charge in [-0.1, -0.05) is 57.9 Å². The second-order valence-electron chi connectivity index (χ2n) is 5.62. The highest BCUT2D eigenvalue weighted by atomic mass is 79.9. The van der Waals surface area contributed by atoms with E-state index in [4.69, 9.17) is 16.3 Å². The zero-order valence-electron chi connectivity index (χ0n) is 14.0. The molecule has 0 radical (unpaired) electrons. The Morgan fingerprint density at radius 3 is 2.63 bits per heavy atom. The van der Waals surface area contributed by atoms with Gasteiger partial charge in [-0.25, -0.2) is 4.79 Å². The fraction of sp³-hybridized carbons (Fsp3) is 0.105. The lowest BCUT2D eigenvalue weighted by Gasteiger charge is -2.07. The van der Waals surface area contributed by atoms with Gasteiger partial charge in [-0.3, -0.25) is 9.89 Å².